The van der Waals surface area contributed by atoms with E-state index in [4.69, 9.17) is 0 Å². The Hall–Kier alpha value is -1.20. The third kappa shape index (κ3) is 3.10. The predicted octanol–water partition coefficient (Wildman–Crippen LogP) is 3.89. The van der Waals surface area contributed by atoms with E-state index in [0.717, 1.165) is 25.3 Å². The molecule has 0 fully saturated rings. The Balaban J connectivity index is 2.44. The van der Waals surface area contributed by atoms with E-state index in [-0.39, 0.29) is 11.9 Å². The summed E-state index contributed by atoms with van der Waals surface area (Å²) in [4.78, 5) is 4.41. The Bertz CT molecular complexity index is 568. The third-order valence-corrected chi connectivity index (χ3v) is 3.85. The zero-order valence-electron chi connectivity index (χ0n) is 11.7. The third-order valence-electron chi connectivity index (χ3n) is 3.24. The van der Waals surface area contributed by atoms with Crippen molar-refractivity contribution in [3.05, 3.63) is 52.3 Å². The van der Waals surface area contributed by atoms with Crippen LogP contribution in [-0.4, -0.2) is 16.1 Å². The minimum atomic E-state index is -0.234. The molecule has 20 heavy (non-hydrogen) atoms. The van der Waals surface area contributed by atoms with Crippen molar-refractivity contribution in [1.82, 2.24) is 14.9 Å². The maximum Gasteiger partial charge on any atom is 0.142 e. The van der Waals surface area contributed by atoms with Gasteiger partial charge in [0, 0.05) is 24.5 Å². The first-order chi connectivity index (χ1) is 9.69. The van der Waals surface area contributed by atoms with Crippen LogP contribution in [0.1, 0.15) is 37.7 Å². The van der Waals surface area contributed by atoms with Crippen molar-refractivity contribution < 1.29 is 4.39 Å². The summed E-state index contributed by atoms with van der Waals surface area (Å²) in [6.45, 7) is 5.77. The molecule has 0 bridgehead atoms. The largest absolute Gasteiger partial charge is 0.334 e. The van der Waals surface area contributed by atoms with Crippen LogP contribution in [0, 0.1) is 5.82 Å². The summed E-state index contributed by atoms with van der Waals surface area (Å²) in [5.41, 5.74) is 0.619. The Kier molecular flexibility index (Phi) is 5.31. The maximum atomic E-state index is 14.4. The summed E-state index contributed by atoms with van der Waals surface area (Å²) in [6, 6.07) is 5.13. The molecule has 0 spiro atoms. The molecule has 2 rings (SSSR count). The molecular weight excluding hydrogens is 321 g/mol. The average Bonchev–Trinajstić information content (AvgIpc) is 2.92. The van der Waals surface area contributed by atoms with Gasteiger partial charge < -0.3 is 9.88 Å². The van der Waals surface area contributed by atoms with E-state index in [0.29, 0.717) is 10.0 Å². The Morgan fingerprint density at radius 2 is 2.20 bits per heavy atom. The van der Waals surface area contributed by atoms with Crippen molar-refractivity contribution in [3.63, 3.8) is 0 Å². The average molecular weight is 340 g/mol. The Morgan fingerprint density at radius 1 is 1.40 bits per heavy atom. The van der Waals surface area contributed by atoms with E-state index in [1.54, 1.807) is 12.3 Å². The zero-order chi connectivity index (χ0) is 14.5. The van der Waals surface area contributed by atoms with Gasteiger partial charge in [0.1, 0.15) is 11.6 Å². The number of rotatable bonds is 6. The molecule has 0 saturated carbocycles. The number of benzene rings is 1. The SMILES string of the molecule is CCCNC(c1cccc(Br)c1F)c1nccn1CC. The molecule has 0 aliphatic heterocycles. The van der Waals surface area contributed by atoms with Crippen LogP contribution in [0.4, 0.5) is 4.39 Å². The molecule has 0 saturated heterocycles. The first-order valence-corrected chi connectivity index (χ1v) is 7.66. The lowest BCUT2D eigenvalue weighted by Crippen LogP contribution is -2.27. The first-order valence-electron chi connectivity index (χ1n) is 6.87. The van der Waals surface area contributed by atoms with Crippen molar-refractivity contribution >= 4 is 15.9 Å². The van der Waals surface area contributed by atoms with Crippen LogP contribution in [0.2, 0.25) is 0 Å². The standard InChI is InChI=1S/C15H19BrFN3/c1-3-8-18-14(15-19-9-10-20(15)4-2)11-6-5-7-12(16)13(11)17/h5-7,9-10,14,18H,3-4,8H2,1-2H3. The minimum absolute atomic E-state index is 0.230. The number of hydrogen-bond donors (Lipinski definition) is 1. The van der Waals surface area contributed by atoms with E-state index < -0.39 is 0 Å². The zero-order valence-corrected chi connectivity index (χ0v) is 13.3. The highest BCUT2D eigenvalue weighted by atomic mass is 79.9. The smallest absolute Gasteiger partial charge is 0.142 e. The van der Waals surface area contributed by atoms with Gasteiger partial charge in [0.2, 0.25) is 0 Å². The van der Waals surface area contributed by atoms with E-state index in [1.807, 2.05) is 22.9 Å². The highest BCUT2D eigenvalue weighted by molar-refractivity contribution is 9.10. The van der Waals surface area contributed by atoms with Gasteiger partial charge in [-0.3, -0.25) is 0 Å². The normalized spacial score (nSPS) is 12.6. The van der Waals surface area contributed by atoms with E-state index in [9.17, 15) is 4.39 Å². The van der Waals surface area contributed by atoms with Crippen LogP contribution >= 0.6 is 15.9 Å². The van der Waals surface area contributed by atoms with Crippen LogP contribution in [0.5, 0.6) is 0 Å². The molecule has 0 amide bonds. The van der Waals surface area contributed by atoms with Gasteiger partial charge in [0.25, 0.3) is 0 Å². The summed E-state index contributed by atoms with van der Waals surface area (Å²) in [5, 5.41) is 3.39. The first kappa shape index (κ1) is 15.2. The lowest BCUT2D eigenvalue weighted by molar-refractivity contribution is 0.509. The molecular formula is C15H19BrFN3. The van der Waals surface area contributed by atoms with Gasteiger partial charge in [-0.2, -0.15) is 0 Å². The number of halogens is 2. The van der Waals surface area contributed by atoms with Gasteiger partial charge in [-0.15, -0.1) is 0 Å². The molecule has 1 heterocycles. The number of hydrogen-bond acceptors (Lipinski definition) is 2. The van der Waals surface area contributed by atoms with Crippen LogP contribution in [-0.2, 0) is 6.54 Å². The Morgan fingerprint density at radius 3 is 2.90 bits per heavy atom. The fourth-order valence-electron chi connectivity index (χ4n) is 2.22. The highest BCUT2D eigenvalue weighted by Gasteiger charge is 2.22. The molecule has 5 heteroatoms. The molecule has 1 aromatic heterocycles. The molecule has 0 aliphatic rings. The molecule has 108 valence electrons. The maximum absolute atomic E-state index is 14.4. The number of nitrogens with one attached hydrogen (secondary N) is 1. The fraction of sp³-hybridized carbons (Fsp3) is 0.400. The van der Waals surface area contributed by atoms with Crippen molar-refractivity contribution in [3.8, 4) is 0 Å². The second-order valence-corrected chi connectivity index (χ2v) is 5.46. The minimum Gasteiger partial charge on any atom is -0.334 e. The summed E-state index contributed by atoms with van der Waals surface area (Å²) in [5.74, 6) is 0.615. The van der Waals surface area contributed by atoms with Crippen molar-refractivity contribution in [2.75, 3.05) is 6.54 Å². The molecule has 1 N–H and O–H groups in total. The van der Waals surface area contributed by atoms with Gasteiger partial charge in [-0.05, 0) is 41.9 Å². The topological polar surface area (TPSA) is 29.9 Å². The van der Waals surface area contributed by atoms with E-state index >= 15 is 0 Å². The quantitative estimate of drug-likeness (QED) is 0.865. The summed E-state index contributed by atoms with van der Waals surface area (Å²) < 4.78 is 16.9. The number of nitrogens with zero attached hydrogens (tertiary/aromatic N) is 2. The fourth-order valence-corrected chi connectivity index (χ4v) is 2.60. The molecule has 0 radical (unpaired) electrons. The molecule has 1 aromatic carbocycles. The molecule has 1 atom stereocenters. The second-order valence-electron chi connectivity index (χ2n) is 4.60. The number of aromatic nitrogens is 2. The molecule has 3 nitrogen and oxygen atoms in total. The van der Waals surface area contributed by atoms with E-state index in [2.05, 4.69) is 40.1 Å². The summed E-state index contributed by atoms with van der Waals surface area (Å²) in [7, 11) is 0. The van der Waals surface area contributed by atoms with Gasteiger partial charge in [-0.1, -0.05) is 19.1 Å². The van der Waals surface area contributed by atoms with Crippen molar-refractivity contribution in [2.45, 2.75) is 32.9 Å². The Labute approximate surface area is 127 Å². The number of imidazole rings is 1. The van der Waals surface area contributed by atoms with Crippen LogP contribution < -0.4 is 5.32 Å². The van der Waals surface area contributed by atoms with E-state index in [1.165, 1.54) is 0 Å². The molecule has 0 aliphatic carbocycles. The van der Waals surface area contributed by atoms with Gasteiger partial charge in [-0.25, -0.2) is 9.37 Å². The van der Waals surface area contributed by atoms with Gasteiger partial charge in [0.15, 0.2) is 0 Å². The summed E-state index contributed by atoms with van der Waals surface area (Å²) >= 11 is 3.25. The van der Waals surface area contributed by atoms with Crippen LogP contribution in [0.25, 0.3) is 0 Å². The monoisotopic (exact) mass is 339 g/mol. The van der Waals surface area contributed by atoms with Crippen molar-refractivity contribution in [2.24, 2.45) is 0 Å². The lowest BCUT2D eigenvalue weighted by atomic mass is 10.1. The van der Waals surface area contributed by atoms with Crippen molar-refractivity contribution in [1.29, 1.82) is 0 Å². The predicted molar refractivity (Wildman–Crippen MR) is 82.1 cm³/mol. The van der Waals surface area contributed by atoms with Gasteiger partial charge >= 0.3 is 0 Å². The number of aryl methyl sites for hydroxylation is 1. The van der Waals surface area contributed by atoms with Gasteiger partial charge in [0.05, 0.1) is 10.5 Å². The van der Waals surface area contributed by atoms with Crippen LogP contribution in [0.3, 0.4) is 0 Å². The van der Waals surface area contributed by atoms with Crippen LogP contribution in [0.15, 0.2) is 35.1 Å². The second kappa shape index (κ2) is 6.99. The highest BCUT2D eigenvalue weighted by Crippen LogP contribution is 2.27. The molecule has 1 unspecified atom stereocenters. The molecule has 2 aromatic rings. The summed E-state index contributed by atoms with van der Waals surface area (Å²) in [6.07, 6.45) is 4.67. The lowest BCUT2D eigenvalue weighted by Gasteiger charge is -2.20.